The summed E-state index contributed by atoms with van der Waals surface area (Å²) in [6, 6.07) is 8.97. The number of nitrogens with two attached hydrogens (primary N) is 1. The number of hydrogen-bond acceptors (Lipinski definition) is 7. The quantitative estimate of drug-likeness (QED) is 0.477. The lowest BCUT2D eigenvalue weighted by molar-refractivity contribution is -0.118. The van der Waals surface area contributed by atoms with Gasteiger partial charge in [0.15, 0.2) is 0 Å². The summed E-state index contributed by atoms with van der Waals surface area (Å²) in [5.74, 6) is -1.41. The van der Waals surface area contributed by atoms with Gasteiger partial charge in [0, 0.05) is 53.3 Å². The van der Waals surface area contributed by atoms with E-state index < -0.39 is 17.6 Å². The molecule has 0 aliphatic carbocycles. The minimum Gasteiger partial charge on any atom is -0.501 e. The molecule has 0 saturated carbocycles. The van der Waals surface area contributed by atoms with Crippen LogP contribution in [0, 0.1) is 5.82 Å². The van der Waals surface area contributed by atoms with Crippen LogP contribution in [0.25, 0.3) is 22.2 Å². The van der Waals surface area contributed by atoms with E-state index in [0.717, 1.165) is 25.3 Å². The fourth-order valence-electron chi connectivity index (χ4n) is 5.34. The number of anilines is 1. The third-order valence-electron chi connectivity index (χ3n) is 7.44. The van der Waals surface area contributed by atoms with E-state index in [1.807, 2.05) is 30.5 Å². The molecular formula is C28H27ClFN5O3. The molecular weight excluding hydrogens is 509 g/mol. The largest absolute Gasteiger partial charge is 0.501 e. The zero-order valence-electron chi connectivity index (χ0n) is 20.9. The van der Waals surface area contributed by atoms with E-state index in [0.29, 0.717) is 59.2 Å². The standard InChI is InChI=1S/C28H27ClFN5O3/c1-37-25-11-17-14-35(17)5-4-19(25)26(28(31)36)20-12-21(23(30)13-22(20)29)27-18-3-2-16(10-24(18)32-15-33-27)34-6-8-38-9-7-34/h2-5,10,12-13,15,17,26H,6-9,11,14H2,1H3,(H2,31,36). The van der Waals surface area contributed by atoms with Crippen LogP contribution in [-0.2, 0) is 14.3 Å². The zero-order valence-corrected chi connectivity index (χ0v) is 21.6. The topological polar surface area (TPSA) is 93.6 Å². The first-order chi connectivity index (χ1) is 18.4. The first-order valence-corrected chi connectivity index (χ1v) is 12.9. The molecule has 2 saturated heterocycles. The van der Waals surface area contributed by atoms with Gasteiger partial charge in [-0.15, -0.1) is 0 Å². The van der Waals surface area contributed by atoms with Crippen LogP contribution in [0.2, 0.25) is 5.02 Å². The number of halogens is 2. The molecule has 3 aliphatic rings. The Labute approximate surface area is 224 Å². The van der Waals surface area contributed by atoms with Crippen molar-refractivity contribution in [2.75, 3.05) is 44.9 Å². The van der Waals surface area contributed by atoms with Crippen LogP contribution >= 0.6 is 11.6 Å². The fraction of sp³-hybridized carbons (Fsp3) is 0.321. The highest BCUT2D eigenvalue weighted by molar-refractivity contribution is 6.32. The average Bonchev–Trinajstić information content (AvgIpc) is 3.69. The lowest BCUT2D eigenvalue weighted by Crippen LogP contribution is -2.36. The summed E-state index contributed by atoms with van der Waals surface area (Å²) in [6.45, 7) is 3.86. The molecule has 1 aromatic heterocycles. The second-order valence-electron chi connectivity index (χ2n) is 9.67. The van der Waals surface area contributed by atoms with Crippen molar-refractivity contribution in [3.05, 3.63) is 76.7 Å². The predicted molar refractivity (Wildman–Crippen MR) is 143 cm³/mol. The number of morpholine rings is 1. The highest BCUT2D eigenvalue weighted by atomic mass is 35.5. The highest BCUT2D eigenvalue weighted by Crippen LogP contribution is 2.41. The number of rotatable bonds is 6. The van der Waals surface area contributed by atoms with Crippen molar-refractivity contribution in [2.24, 2.45) is 5.73 Å². The second kappa shape index (κ2) is 9.89. The zero-order chi connectivity index (χ0) is 26.4. The summed E-state index contributed by atoms with van der Waals surface area (Å²) in [5, 5.41) is 0.792. The van der Waals surface area contributed by atoms with Crippen molar-refractivity contribution in [1.82, 2.24) is 14.9 Å². The van der Waals surface area contributed by atoms with E-state index in [9.17, 15) is 4.79 Å². The van der Waals surface area contributed by atoms with Gasteiger partial charge in [-0.05, 0) is 48.2 Å². The van der Waals surface area contributed by atoms with Gasteiger partial charge in [0.05, 0.1) is 43.5 Å². The molecule has 2 fully saturated rings. The van der Waals surface area contributed by atoms with Crippen LogP contribution in [0.15, 0.2) is 60.3 Å². The number of carbonyl (C=O) groups excluding carboxylic acids is 1. The van der Waals surface area contributed by atoms with E-state index in [4.69, 9.17) is 26.8 Å². The van der Waals surface area contributed by atoms with Gasteiger partial charge in [-0.3, -0.25) is 4.79 Å². The van der Waals surface area contributed by atoms with E-state index in [2.05, 4.69) is 19.8 Å². The van der Waals surface area contributed by atoms with Crippen molar-refractivity contribution in [2.45, 2.75) is 18.4 Å². The van der Waals surface area contributed by atoms with Crippen LogP contribution in [0.1, 0.15) is 17.9 Å². The summed E-state index contributed by atoms with van der Waals surface area (Å²) in [4.78, 5) is 26.1. The van der Waals surface area contributed by atoms with Crippen LogP contribution < -0.4 is 10.6 Å². The van der Waals surface area contributed by atoms with Crippen molar-refractivity contribution in [3.8, 4) is 11.3 Å². The number of fused-ring (bicyclic) bond motifs is 2. The molecule has 38 heavy (non-hydrogen) atoms. The van der Waals surface area contributed by atoms with Crippen LogP contribution in [0.4, 0.5) is 10.1 Å². The minimum atomic E-state index is -0.923. The van der Waals surface area contributed by atoms with E-state index in [1.165, 1.54) is 12.4 Å². The molecule has 1 amide bonds. The van der Waals surface area contributed by atoms with Crippen LogP contribution in [-0.4, -0.2) is 66.8 Å². The molecule has 3 aliphatic heterocycles. The van der Waals surface area contributed by atoms with Crippen molar-refractivity contribution < 1.29 is 18.7 Å². The Bertz CT molecular complexity index is 1490. The molecule has 196 valence electrons. The van der Waals surface area contributed by atoms with Gasteiger partial charge in [0.1, 0.15) is 17.9 Å². The molecule has 10 heteroatoms. The Morgan fingerprint density at radius 1 is 1.24 bits per heavy atom. The Morgan fingerprint density at radius 3 is 2.82 bits per heavy atom. The van der Waals surface area contributed by atoms with Gasteiger partial charge in [-0.2, -0.15) is 0 Å². The number of carbonyl (C=O) groups is 1. The number of primary amides is 1. The fourth-order valence-corrected chi connectivity index (χ4v) is 5.60. The first kappa shape index (κ1) is 24.6. The Kier molecular flexibility index (Phi) is 6.41. The molecule has 3 aromatic rings. The molecule has 0 spiro atoms. The Balaban J connectivity index is 1.45. The lowest BCUT2D eigenvalue weighted by Gasteiger charge is -2.29. The number of nitrogens with zero attached hydrogens (tertiary/aromatic N) is 4. The average molecular weight is 536 g/mol. The molecule has 0 bridgehead atoms. The van der Waals surface area contributed by atoms with Crippen LogP contribution in [0.3, 0.4) is 0 Å². The van der Waals surface area contributed by atoms with Gasteiger partial charge in [0.25, 0.3) is 0 Å². The number of aromatic nitrogens is 2. The van der Waals surface area contributed by atoms with Crippen molar-refractivity contribution >= 4 is 34.1 Å². The summed E-state index contributed by atoms with van der Waals surface area (Å²) in [7, 11) is 1.58. The second-order valence-corrected chi connectivity index (χ2v) is 10.1. The summed E-state index contributed by atoms with van der Waals surface area (Å²) < 4.78 is 26.6. The van der Waals surface area contributed by atoms with E-state index in [-0.39, 0.29) is 10.6 Å². The number of allylic oxidation sites excluding steroid dienone is 1. The SMILES string of the molecule is COC1=C(C(C(N)=O)c2cc(-c3ncnc4cc(N5CCOCC5)ccc34)c(F)cc2Cl)C=CN2CC2C1. The van der Waals surface area contributed by atoms with E-state index >= 15 is 4.39 Å². The number of amides is 1. The molecule has 2 aromatic carbocycles. The normalized spacial score (nSPS) is 19.8. The number of ether oxygens (including phenoxy) is 2. The summed E-state index contributed by atoms with van der Waals surface area (Å²) in [6.07, 6.45) is 5.84. The number of hydrogen-bond donors (Lipinski definition) is 1. The van der Waals surface area contributed by atoms with Gasteiger partial charge < -0.3 is 25.0 Å². The van der Waals surface area contributed by atoms with Gasteiger partial charge in [-0.25, -0.2) is 14.4 Å². The Morgan fingerprint density at radius 2 is 2.05 bits per heavy atom. The highest BCUT2D eigenvalue weighted by Gasteiger charge is 2.37. The van der Waals surface area contributed by atoms with Crippen molar-refractivity contribution in [3.63, 3.8) is 0 Å². The third-order valence-corrected chi connectivity index (χ3v) is 7.76. The van der Waals surface area contributed by atoms with Crippen molar-refractivity contribution in [1.29, 1.82) is 0 Å². The maximum absolute atomic E-state index is 15.4. The van der Waals surface area contributed by atoms with Gasteiger partial charge in [-0.1, -0.05) is 11.6 Å². The van der Waals surface area contributed by atoms with Gasteiger partial charge in [0.2, 0.25) is 5.91 Å². The number of benzene rings is 2. The molecule has 2 atom stereocenters. The lowest BCUT2D eigenvalue weighted by atomic mass is 9.87. The molecule has 6 rings (SSSR count). The minimum absolute atomic E-state index is 0.106. The smallest absolute Gasteiger partial charge is 0.229 e. The number of methoxy groups -OCH3 is 1. The molecule has 2 unspecified atom stereocenters. The first-order valence-electron chi connectivity index (χ1n) is 12.5. The summed E-state index contributed by atoms with van der Waals surface area (Å²) in [5.41, 5.74) is 9.26. The Hall–Kier alpha value is -3.69. The van der Waals surface area contributed by atoms with E-state index in [1.54, 1.807) is 13.2 Å². The summed E-state index contributed by atoms with van der Waals surface area (Å²) >= 11 is 6.55. The third kappa shape index (κ3) is 4.46. The molecule has 8 nitrogen and oxygen atoms in total. The predicted octanol–water partition coefficient (Wildman–Crippen LogP) is 4.00. The van der Waals surface area contributed by atoms with Crippen LogP contribution in [0.5, 0.6) is 0 Å². The molecule has 4 heterocycles. The monoisotopic (exact) mass is 535 g/mol. The molecule has 2 N–H and O–H groups in total. The maximum atomic E-state index is 15.4. The molecule has 0 radical (unpaired) electrons. The maximum Gasteiger partial charge on any atom is 0.229 e. The van der Waals surface area contributed by atoms with Gasteiger partial charge >= 0.3 is 0 Å².